The van der Waals surface area contributed by atoms with Crippen LogP contribution in [-0.2, 0) is 39.9 Å². The number of benzene rings is 1. The number of methoxy groups -OCH3 is 1. The van der Waals surface area contributed by atoms with Crippen LogP contribution in [0.1, 0.15) is 39.2 Å². The average molecular weight is 554 g/mol. The van der Waals surface area contributed by atoms with Gasteiger partial charge in [0, 0.05) is 32.0 Å². The Morgan fingerprint density at radius 3 is 2.49 bits per heavy atom. The Morgan fingerprint density at radius 2 is 1.87 bits per heavy atom. The summed E-state index contributed by atoms with van der Waals surface area (Å²) in [4.78, 5) is 39.3. The lowest BCUT2D eigenvalue weighted by atomic mass is 9.70. The van der Waals surface area contributed by atoms with Crippen molar-refractivity contribution in [3.63, 3.8) is 0 Å². The first-order valence-corrected chi connectivity index (χ1v) is 12.9. The molecule has 0 spiro atoms. The van der Waals surface area contributed by atoms with Crippen LogP contribution in [0.25, 0.3) is 0 Å². The Morgan fingerprint density at radius 1 is 1.18 bits per heavy atom. The second kappa shape index (κ2) is 10.9. The van der Waals surface area contributed by atoms with E-state index in [4.69, 9.17) is 18.9 Å². The molecular formula is C28H34F3NO7. The minimum absolute atomic E-state index is 0.0345. The molecule has 3 unspecified atom stereocenters. The third kappa shape index (κ3) is 5.30. The summed E-state index contributed by atoms with van der Waals surface area (Å²) in [6.07, 6.45) is -3.57. The van der Waals surface area contributed by atoms with E-state index >= 15 is 0 Å². The molecule has 0 N–H and O–H groups in total. The molecule has 1 saturated heterocycles. The molecule has 1 aromatic rings. The van der Waals surface area contributed by atoms with Crippen LogP contribution in [0.3, 0.4) is 0 Å². The van der Waals surface area contributed by atoms with E-state index in [0.717, 1.165) is 10.5 Å². The number of esters is 2. The second-order valence-corrected chi connectivity index (χ2v) is 10.7. The standard InChI is InChI=1S/C28H34F3NO7/c1-17-23(39-18(2)33)26(17,3)27(25(35)38-15-19-8-6-5-7-9-19)12-10-20(14-27)32(24(34)28(29,30)31)21-11-13-37-16-22(21)36-4/h5-10,12,17,20-23H,11,13-16H2,1-4H3/t17?,20-,21+,22-,23?,26?,27-/m1/s1. The van der Waals surface area contributed by atoms with Gasteiger partial charge in [-0.3, -0.25) is 14.4 Å². The van der Waals surface area contributed by atoms with E-state index in [1.54, 1.807) is 37.3 Å². The van der Waals surface area contributed by atoms with Crippen LogP contribution in [0.4, 0.5) is 13.2 Å². The summed E-state index contributed by atoms with van der Waals surface area (Å²) >= 11 is 0. The molecule has 0 radical (unpaired) electrons. The van der Waals surface area contributed by atoms with Gasteiger partial charge in [0.2, 0.25) is 0 Å². The predicted molar refractivity (Wildman–Crippen MR) is 132 cm³/mol. The molecule has 2 fully saturated rings. The van der Waals surface area contributed by atoms with Crippen LogP contribution in [0, 0.1) is 16.7 Å². The quantitative estimate of drug-likeness (QED) is 0.357. The van der Waals surface area contributed by atoms with Crippen LogP contribution in [0.2, 0.25) is 0 Å². The highest BCUT2D eigenvalue weighted by Crippen LogP contribution is 2.68. The highest BCUT2D eigenvalue weighted by atomic mass is 19.4. The van der Waals surface area contributed by atoms with Gasteiger partial charge in [0.1, 0.15) is 18.8 Å². The number of carbonyl (C=O) groups is 3. The van der Waals surface area contributed by atoms with Crippen molar-refractivity contribution in [3.05, 3.63) is 48.0 Å². The maximum Gasteiger partial charge on any atom is 0.471 e. The van der Waals surface area contributed by atoms with E-state index in [-0.39, 0.29) is 38.6 Å². The SMILES string of the molecule is CO[C@@H]1COCC[C@@H]1N(C(=O)C(F)(F)F)[C@@H]1C=C[C@@](C(=O)OCc2ccccc2)(C2(C)C(C)C2OC(C)=O)C1. The van der Waals surface area contributed by atoms with E-state index in [1.807, 2.05) is 13.0 Å². The minimum Gasteiger partial charge on any atom is -0.462 e. The fraction of sp³-hybridized carbons (Fsp3) is 0.607. The van der Waals surface area contributed by atoms with Gasteiger partial charge in [-0.1, -0.05) is 56.3 Å². The van der Waals surface area contributed by atoms with Crippen molar-refractivity contribution in [1.82, 2.24) is 4.90 Å². The molecular weight excluding hydrogens is 519 g/mol. The van der Waals surface area contributed by atoms with Gasteiger partial charge in [-0.25, -0.2) is 0 Å². The Kier molecular flexibility index (Phi) is 8.14. The highest BCUT2D eigenvalue weighted by Gasteiger charge is 2.75. The van der Waals surface area contributed by atoms with Crippen molar-refractivity contribution in [1.29, 1.82) is 0 Å². The van der Waals surface area contributed by atoms with Gasteiger partial charge in [-0.15, -0.1) is 0 Å². The van der Waals surface area contributed by atoms with Crippen LogP contribution >= 0.6 is 0 Å². The summed E-state index contributed by atoms with van der Waals surface area (Å²) < 4.78 is 63.6. The number of ether oxygens (including phenoxy) is 4. The molecule has 11 heteroatoms. The maximum absolute atomic E-state index is 13.9. The average Bonchev–Trinajstić information content (AvgIpc) is 3.22. The summed E-state index contributed by atoms with van der Waals surface area (Å²) in [5, 5.41) is 0. The number of rotatable bonds is 8. The molecule has 1 heterocycles. The highest BCUT2D eigenvalue weighted by molar-refractivity contribution is 5.85. The molecule has 7 atom stereocenters. The summed E-state index contributed by atoms with van der Waals surface area (Å²) in [6, 6.07) is 7.00. The molecule has 2 aliphatic carbocycles. The Bertz CT molecular complexity index is 1110. The van der Waals surface area contributed by atoms with E-state index in [0.29, 0.717) is 0 Å². The molecule has 214 valence electrons. The molecule has 3 aliphatic rings. The molecule has 4 rings (SSSR count). The van der Waals surface area contributed by atoms with Gasteiger partial charge in [0.25, 0.3) is 0 Å². The molecule has 1 aromatic carbocycles. The molecule has 1 saturated carbocycles. The number of carbonyl (C=O) groups excluding carboxylic acids is 3. The zero-order valence-corrected chi connectivity index (χ0v) is 22.4. The summed E-state index contributed by atoms with van der Waals surface area (Å²) in [6.45, 7) is 5.00. The fourth-order valence-electron chi connectivity index (χ4n) is 6.24. The largest absolute Gasteiger partial charge is 0.471 e. The van der Waals surface area contributed by atoms with Crippen molar-refractivity contribution >= 4 is 17.8 Å². The van der Waals surface area contributed by atoms with Gasteiger partial charge in [-0.05, 0) is 18.4 Å². The molecule has 8 nitrogen and oxygen atoms in total. The predicted octanol–water partition coefficient (Wildman–Crippen LogP) is 3.83. The first kappa shape index (κ1) is 29.1. The van der Waals surface area contributed by atoms with Crippen LogP contribution in [0.15, 0.2) is 42.5 Å². The van der Waals surface area contributed by atoms with Crippen molar-refractivity contribution in [3.8, 4) is 0 Å². The number of halogens is 3. The van der Waals surface area contributed by atoms with E-state index in [2.05, 4.69) is 0 Å². The van der Waals surface area contributed by atoms with Crippen LogP contribution < -0.4 is 0 Å². The number of nitrogens with zero attached hydrogens (tertiary/aromatic N) is 1. The monoisotopic (exact) mass is 553 g/mol. The smallest absolute Gasteiger partial charge is 0.462 e. The molecule has 39 heavy (non-hydrogen) atoms. The first-order valence-electron chi connectivity index (χ1n) is 12.9. The van der Waals surface area contributed by atoms with Gasteiger partial charge in [0.15, 0.2) is 0 Å². The van der Waals surface area contributed by atoms with E-state index < -0.39 is 59.1 Å². The number of hydrogen-bond donors (Lipinski definition) is 0. The van der Waals surface area contributed by atoms with E-state index in [1.165, 1.54) is 20.1 Å². The fourth-order valence-corrected chi connectivity index (χ4v) is 6.24. The molecule has 0 aromatic heterocycles. The minimum atomic E-state index is -5.14. The zero-order chi connectivity index (χ0) is 28.6. The summed E-state index contributed by atoms with van der Waals surface area (Å²) in [7, 11) is 1.36. The van der Waals surface area contributed by atoms with Gasteiger partial charge in [-0.2, -0.15) is 13.2 Å². The lowest BCUT2D eigenvalue weighted by molar-refractivity contribution is -0.197. The lowest BCUT2D eigenvalue weighted by Crippen LogP contribution is -2.59. The number of alkyl halides is 3. The van der Waals surface area contributed by atoms with Crippen LogP contribution in [-0.4, -0.2) is 73.5 Å². The molecule has 1 aliphatic heterocycles. The lowest BCUT2D eigenvalue weighted by Gasteiger charge is -2.43. The van der Waals surface area contributed by atoms with Gasteiger partial charge in [0.05, 0.1) is 24.1 Å². The summed E-state index contributed by atoms with van der Waals surface area (Å²) in [5.74, 6) is -3.47. The molecule has 0 bridgehead atoms. The van der Waals surface area contributed by atoms with Crippen molar-refractivity contribution in [2.75, 3.05) is 20.3 Å². The topological polar surface area (TPSA) is 91.4 Å². The normalized spacial score (nSPS) is 33.9. The number of hydrogen-bond acceptors (Lipinski definition) is 7. The van der Waals surface area contributed by atoms with Crippen molar-refractivity contribution in [2.24, 2.45) is 16.7 Å². The first-order chi connectivity index (χ1) is 18.4. The Hall–Kier alpha value is -2.92. The van der Waals surface area contributed by atoms with Gasteiger partial charge >= 0.3 is 24.0 Å². The van der Waals surface area contributed by atoms with Crippen LogP contribution in [0.5, 0.6) is 0 Å². The second-order valence-electron chi connectivity index (χ2n) is 10.7. The van der Waals surface area contributed by atoms with Crippen molar-refractivity contribution in [2.45, 2.75) is 70.7 Å². The maximum atomic E-state index is 13.9. The zero-order valence-electron chi connectivity index (χ0n) is 22.4. The Balaban J connectivity index is 1.69. The summed E-state index contributed by atoms with van der Waals surface area (Å²) in [5.41, 5.74) is -1.66. The van der Waals surface area contributed by atoms with Gasteiger partial charge < -0.3 is 23.8 Å². The molecule has 1 amide bonds. The van der Waals surface area contributed by atoms with E-state index in [9.17, 15) is 27.6 Å². The Labute approximate surface area is 225 Å². The third-order valence-electron chi connectivity index (χ3n) is 8.61. The third-order valence-corrected chi connectivity index (χ3v) is 8.61. The van der Waals surface area contributed by atoms with Crippen molar-refractivity contribution < 1.29 is 46.5 Å². The number of amides is 1.